The van der Waals surface area contributed by atoms with Crippen molar-refractivity contribution in [1.29, 1.82) is 0 Å². The highest BCUT2D eigenvalue weighted by Crippen LogP contribution is 2.32. The van der Waals surface area contributed by atoms with Crippen LogP contribution in [0.1, 0.15) is 37.7 Å². The summed E-state index contributed by atoms with van der Waals surface area (Å²) in [5.41, 5.74) is 1.40. The Morgan fingerprint density at radius 3 is 2.72 bits per heavy atom. The van der Waals surface area contributed by atoms with Gasteiger partial charge in [0.15, 0.2) is 0 Å². The van der Waals surface area contributed by atoms with Gasteiger partial charge in [0.1, 0.15) is 0 Å². The van der Waals surface area contributed by atoms with Crippen molar-refractivity contribution in [3.63, 3.8) is 0 Å². The molecule has 100 valence electrons. The molecule has 2 rings (SSSR count). The number of rotatable bonds is 5. The van der Waals surface area contributed by atoms with Crippen LogP contribution in [0.5, 0.6) is 0 Å². The van der Waals surface area contributed by atoms with Gasteiger partial charge in [-0.05, 0) is 37.4 Å². The minimum Gasteiger partial charge on any atom is -0.396 e. The maximum Gasteiger partial charge on any atom is 0.0477 e. The predicted octanol–water partition coefficient (Wildman–Crippen LogP) is 2.88. The zero-order chi connectivity index (χ0) is 12.8. The summed E-state index contributed by atoms with van der Waals surface area (Å²) < 4.78 is 0. The maximum atomic E-state index is 9.64. The van der Waals surface area contributed by atoms with E-state index in [1.807, 2.05) is 0 Å². The molecule has 1 heterocycles. The van der Waals surface area contributed by atoms with Crippen molar-refractivity contribution >= 4 is 0 Å². The van der Waals surface area contributed by atoms with Gasteiger partial charge in [0.2, 0.25) is 0 Å². The lowest BCUT2D eigenvalue weighted by Crippen LogP contribution is -2.41. The van der Waals surface area contributed by atoms with Gasteiger partial charge in [0.25, 0.3) is 0 Å². The number of likely N-dealkylation sites (tertiary alicyclic amines) is 1. The first kappa shape index (κ1) is 13.6. The molecule has 2 nitrogen and oxygen atoms in total. The Hall–Kier alpha value is -0.860. The summed E-state index contributed by atoms with van der Waals surface area (Å²) in [5, 5.41) is 9.64. The molecule has 0 radical (unpaired) electrons. The van der Waals surface area contributed by atoms with Crippen molar-refractivity contribution < 1.29 is 5.11 Å². The summed E-state index contributed by atoms with van der Waals surface area (Å²) in [6, 6.07) is 10.7. The number of unbranched alkanes of at least 4 members (excludes halogenated alkanes) is 1. The molecule has 0 unspecified atom stereocenters. The van der Waals surface area contributed by atoms with Gasteiger partial charge in [-0.2, -0.15) is 0 Å². The van der Waals surface area contributed by atoms with Crippen LogP contribution in [0.3, 0.4) is 0 Å². The molecule has 1 aliphatic rings. The van der Waals surface area contributed by atoms with E-state index in [9.17, 15) is 5.11 Å². The fourth-order valence-corrected chi connectivity index (χ4v) is 3.02. The fraction of sp³-hybridized carbons (Fsp3) is 0.625. The molecular formula is C16H25NO. The fourth-order valence-electron chi connectivity index (χ4n) is 3.02. The Morgan fingerprint density at radius 2 is 2.06 bits per heavy atom. The Balaban J connectivity index is 1.98. The van der Waals surface area contributed by atoms with E-state index in [0.29, 0.717) is 18.4 Å². The largest absolute Gasteiger partial charge is 0.396 e. The third-order valence-corrected chi connectivity index (χ3v) is 4.11. The van der Waals surface area contributed by atoms with E-state index in [1.165, 1.54) is 37.9 Å². The van der Waals surface area contributed by atoms with E-state index in [2.05, 4.69) is 42.2 Å². The van der Waals surface area contributed by atoms with E-state index in [-0.39, 0.29) is 0 Å². The van der Waals surface area contributed by atoms with Gasteiger partial charge in [0, 0.05) is 19.1 Å². The van der Waals surface area contributed by atoms with Gasteiger partial charge in [-0.1, -0.05) is 43.7 Å². The molecule has 2 heteroatoms. The molecular weight excluding hydrogens is 222 g/mol. The number of nitrogens with zero attached hydrogens (tertiary/aromatic N) is 1. The lowest BCUT2D eigenvalue weighted by Gasteiger charge is -2.38. The average molecular weight is 247 g/mol. The molecule has 2 atom stereocenters. The van der Waals surface area contributed by atoms with Crippen LogP contribution in [-0.2, 0) is 0 Å². The number of piperidine rings is 1. The smallest absolute Gasteiger partial charge is 0.0477 e. The van der Waals surface area contributed by atoms with E-state index >= 15 is 0 Å². The first-order chi connectivity index (χ1) is 8.85. The second-order valence-corrected chi connectivity index (χ2v) is 5.40. The number of hydrogen-bond donors (Lipinski definition) is 1. The van der Waals surface area contributed by atoms with Crippen LogP contribution in [0.4, 0.5) is 0 Å². The van der Waals surface area contributed by atoms with Gasteiger partial charge in [-0.25, -0.2) is 0 Å². The minimum atomic E-state index is 0.308. The highest BCUT2D eigenvalue weighted by molar-refractivity contribution is 5.21. The predicted molar refractivity (Wildman–Crippen MR) is 75.7 cm³/mol. The third kappa shape index (κ3) is 3.33. The summed E-state index contributed by atoms with van der Waals surface area (Å²) in [6.07, 6.45) is 3.70. The van der Waals surface area contributed by atoms with Crippen LogP contribution < -0.4 is 0 Å². The number of hydrogen-bond acceptors (Lipinski definition) is 2. The van der Waals surface area contributed by atoms with Crippen molar-refractivity contribution in [3.8, 4) is 0 Å². The summed E-state index contributed by atoms with van der Waals surface area (Å²) in [5.74, 6) is 0.937. The molecule has 1 aliphatic heterocycles. The molecule has 1 aromatic carbocycles. The summed E-state index contributed by atoms with van der Waals surface area (Å²) >= 11 is 0. The SMILES string of the molecule is CCCCN1CC[C@@H](c2ccccc2)[C@@H](CO)C1. The Morgan fingerprint density at radius 1 is 1.28 bits per heavy atom. The Labute approximate surface area is 111 Å². The Bertz CT molecular complexity index is 338. The second kappa shape index (κ2) is 6.91. The lowest BCUT2D eigenvalue weighted by molar-refractivity contribution is 0.101. The monoisotopic (exact) mass is 247 g/mol. The molecule has 0 aromatic heterocycles. The van der Waals surface area contributed by atoms with Gasteiger partial charge < -0.3 is 10.0 Å². The Kier molecular flexibility index (Phi) is 5.21. The normalized spacial score (nSPS) is 25.2. The number of aliphatic hydroxyl groups excluding tert-OH is 1. The van der Waals surface area contributed by atoms with Crippen molar-refractivity contribution in [2.75, 3.05) is 26.2 Å². The third-order valence-electron chi connectivity index (χ3n) is 4.11. The number of benzene rings is 1. The molecule has 0 saturated carbocycles. The highest BCUT2D eigenvalue weighted by atomic mass is 16.3. The van der Waals surface area contributed by atoms with E-state index in [0.717, 1.165) is 6.54 Å². The zero-order valence-corrected chi connectivity index (χ0v) is 11.4. The summed E-state index contributed by atoms with van der Waals surface area (Å²) in [6.45, 7) is 5.96. The first-order valence-corrected chi connectivity index (χ1v) is 7.23. The number of aliphatic hydroxyl groups is 1. The zero-order valence-electron chi connectivity index (χ0n) is 11.4. The lowest BCUT2D eigenvalue weighted by atomic mass is 9.81. The van der Waals surface area contributed by atoms with E-state index < -0.39 is 0 Å². The van der Waals surface area contributed by atoms with Crippen molar-refractivity contribution in [3.05, 3.63) is 35.9 Å². The molecule has 0 bridgehead atoms. The minimum absolute atomic E-state index is 0.308. The molecule has 18 heavy (non-hydrogen) atoms. The van der Waals surface area contributed by atoms with Crippen LogP contribution in [0, 0.1) is 5.92 Å². The van der Waals surface area contributed by atoms with Gasteiger partial charge in [0.05, 0.1) is 0 Å². The van der Waals surface area contributed by atoms with Crippen molar-refractivity contribution in [2.24, 2.45) is 5.92 Å². The van der Waals surface area contributed by atoms with Crippen molar-refractivity contribution in [1.82, 2.24) is 4.90 Å². The standard InChI is InChI=1S/C16H25NO/c1-2-3-10-17-11-9-16(15(12-17)13-18)14-7-5-4-6-8-14/h4-8,15-16,18H,2-3,9-13H2,1H3/t15-,16+/m1/s1. The van der Waals surface area contributed by atoms with E-state index in [4.69, 9.17) is 0 Å². The van der Waals surface area contributed by atoms with Gasteiger partial charge in [-0.15, -0.1) is 0 Å². The molecule has 1 saturated heterocycles. The topological polar surface area (TPSA) is 23.5 Å². The average Bonchev–Trinajstić information content (AvgIpc) is 2.45. The van der Waals surface area contributed by atoms with E-state index in [1.54, 1.807) is 0 Å². The molecule has 1 fully saturated rings. The second-order valence-electron chi connectivity index (χ2n) is 5.40. The van der Waals surface area contributed by atoms with Crippen LogP contribution >= 0.6 is 0 Å². The molecule has 1 aromatic rings. The summed E-state index contributed by atoms with van der Waals surface area (Å²) in [4.78, 5) is 2.52. The quantitative estimate of drug-likeness (QED) is 0.865. The highest BCUT2D eigenvalue weighted by Gasteiger charge is 2.29. The van der Waals surface area contributed by atoms with Gasteiger partial charge >= 0.3 is 0 Å². The molecule has 0 aliphatic carbocycles. The molecule has 1 N–H and O–H groups in total. The van der Waals surface area contributed by atoms with Crippen molar-refractivity contribution in [2.45, 2.75) is 32.1 Å². The van der Waals surface area contributed by atoms with Crippen LogP contribution in [0.2, 0.25) is 0 Å². The van der Waals surface area contributed by atoms with Gasteiger partial charge in [-0.3, -0.25) is 0 Å². The van der Waals surface area contributed by atoms with Crippen LogP contribution in [-0.4, -0.2) is 36.2 Å². The van der Waals surface area contributed by atoms with Crippen LogP contribution in [0.15, 0.2) is 30.3 Å². The molecule has 0 amide bonds. The summed E-state index contributed by atoms with van der Waals surface area (Å²) in [7, 11) is 0. The molecule has 0 spiro atoms. The maximum absolute atomic E-state index is 9.64. The first-order valence-electron chi connectivity index (χ1n) is 7.23. The van der Waals surface area contributed by atoms with Crippen LogP contribution in [0.25, 0.3) is 0 Å².